The van der Waals surface area contributed by atoms with Crippen LogP contribution in [0.25, 0.3) is 0 Å². The third kappa shape index (κ3) is 3.70. The zero-order chi connectivity index (χ0) is 11.5. The number of rotatable bonds is 2. The van der Waals surface area contributed by atoms with Crippen molar-refractivity contribution in [3.8, 4) is 0 Å². The number of aromatic nitrogens is 1. The number of pyridine rings is 1. The van der Waals surface area contributed by atoms with Crippen molar-refractivity contribution in [2.45, 2.75) is 40.0 Å². The molecule has 0 radical (unpaired) electrons. The van der Waals surface area contributed by atoms with Gasteiger partial charge in [-0.1, -0.05) is 20.8 Å². The smallest absolute Gasteiger partial charge is 0.0745 e. The molecule has 1 aromatic rings. The Morgan fingerprint density at radius 3 is 2.33 bits per heavy atom. The van der Waals surface area contributed by atoms with E-state index in [1.807, 2.05) is 32.2 Å². The van der Waals surface area contributed by atoms with E-state index in [1.165, 1.54) is 0 Å². The second kappa shape index (κ2) is 4.43. The molecule has 0 fully saturated rings. The standard InChI is InChI=1S/C12H19N3/c1-9(2)14-15-10-6-7-11(13-8-10)12(3,4)5/h6-8,15H,1-5H3. The van der Waals surface area contributed by atoms with E-state index in [0.717, 1.165) is 17.1 Å². The number of hydrazone groups is 1. The highest BCUT2D eigenvalue weighted by atomic mass is 15.3. The topological polar surface area (TPSA) is 37.3 Å². The second-order valence-electron chi connectivity index (χ2n) is 4.85. The Morgan fingerprint density at radius 1 is 1.27 bits per heavy atom. The van der Waals surface area contributed by atoms with Crippen LogP contribution in [0.2, 0.25) is 0 Å². The van der Waals surface area contributed by atoms with Crippen LogP contribution >= 0.6 is 0 Å². The second-order valence-corrected chi connectivity index (χ2v) is 4.85. The molecule has 3 heteroatoms. The van der Waals surface area contributed by atoms with Crippen molar-refractivity contribution in [3.05, 3.63) is 24.0 Å². The molecule has 3 nitrogen and oxygen atoms in total. The Morgan fingerprint density at radius 2 is 1.93 bits per heavy atom. The highest BCUT2D eigenvalue weighted by Gasteiger charge is 2.14. The fourth-order valence-corrected chi connectivity index (χ4v) is 1.08. The first-order chi connectivity index (χ1) is 6.89. The number of hydrogen-bond donors (Lipinski definition) is 1. The van der Waals surface area contributed by atoms with Gasteiger partial charge < -0.3 is 0 Å². The summed E-state index contributed by atoms with van der Waals surface area (Å²) in [7, 11) is 0. The van der Waals surface area contributed by atoms with Crippen LogP contribution in [-0.2, 0) is 5.41 Å². The lowest BCUT2D eigenvalue weighted by Gasteiger charge is -2.17. The molecule has 0 atom stereocenters. The molecule has 0 saturated carbocycles. The van der Waals surface area contributed by atoms with Crippen molar-refractivity contribution in [2.75, 3.05) is 5.43 Å². The average molecular weight is 205 g/mol. The lowest BCUT2D eigenvalue weighted by molar-refractivity contribution is 0.569. The summed E-state index contributed by atoms with van der Waals surface area (Å²) in [6, 6.07) is 4.03. The first-order valence-corrected chi connectivity index (χ1v) is 5.13. The first kappa shape index (κ1) is 11.7. The van der Waals surface area contributed by atoms with Gasteiger partial charge in [0.05, 0.1) is 11.9 Å². The predicted octanol–water partition coefficient (Wildman–Crippen LogP) is 3.19. The fraction of sp³-hybridized carbons (Fsp3) is 0.500. The molecule has 82 valence electrons. The van der Waals surface area contributed by atoms with Crippen LogP contribution in [0.4, 0.5) is 5.69 Å². The van der Waals surface area contributed by atoms with Gasteiger partial charge in [0.1, 0.15) is 0 Å². The fourth-order valence-electron chi connectivity index (χ4n) is 1.08. The van der Waals surface area contributed by atoms with Crippen molar-refractivity contribution < 1.29 is 0 Å². The van der Waals surface area contributed by atoms with Gasteiger partial charge in [0, 0.05) is 16.8 Å². The predicted molar refractivity (Wildman–Crippen MR) is 65.3 cm³/mol. The van der Waals surface area contributed by atoms with Gasteiger partial charge in [-0.3, -0.25) is 10.4 Å². The molecule has 0 amide bonds. The van der Waals surface area contributed by atoms with Gasteiger partial charge in [-0.15, -0.1) is 0 Å². The van der Waals surface area contributed by atoms with Crippen LogP contribution in [0.3, 0.4) is 0 Å². The Bertz CT molecular complexity index is 340. The molecule has 0 aliphatic carbocycles. The van der Waals surface area contributed by atoms with Gasteiger partial charge in [0.15, 0.2) is 0 Å². The third-order valence-electron chi connectivity index (χ3n) is 1.94. The number of anilines is 1. The molecule has 1 aromatic heterocycles. The van der Waals surface area contributed by atoms with E-state index in [9.17, 15) is 0 Å². The zero-order valence-corrected chi connectivity index (χ0v) is 10.1. The van der Waals surface area contributed by atoms with Crippen molar-refractivity contribution in [3.63, 3.8) is 0 Å². The van der Waals surface area contributed by atoms with Crippen molar-refractivity contribution in [2.24, 2.45) is 5.10 Å². The van der Waals surface area contributed by atoms with Gasteiger partial charge in [-0.05, 0) is 26.0 Å². The van der Waals surface area contributed by atoms with E-state index in [-0.39, 0.29) is 5.41 Å². The molecule has 0 aromatic carbocycles. The molecule has 1 N–H and O–H groups in total. The van der Waals surface area contributed by atoms with Crippen molar-refractivity contribution in [1.82, 2.24) is 4.98 Å². The quantitative estimate of drug-likeness (QED) is 0.594. The van der Waals surface area contributed by atoms with Crippen molar-refractivity contribution >= 4 is 11.4 Å². The molecular formula is C12H19N3. The van der Waals surface area contributed by atoms with E-state index in [4.69, 9.17) is 0 Å². The Balaban J connectivity index is 2.77. The first-order valence-electron chi connectivity index (χ1n) is 5.13. The molecule has 1 heterocycles. The summed E-state index contributed by atoms with van der Waals surface area (Å²) in [5.41, 5.74) is 6.05. The van der Waals surface area contributed by atoms with E-state index in [0.29, 0.717) is 0 Å². The summed E-state index contributed by atoms with van der Waals surface area (Å²) >= 11 is 0. The summed E-state index contributed by atoms with van der Waals surface area (Å²) in [5.74, 6) is 0. The third-order valence-corrected chi connectivity index (χ3v) is 1.94. The van der Waals surface area contributed by atoms with E-state index in [2.05, 4.69) is 36.3 Å². The molecular weight excluding hydrogens is 186 g/mol. The molecule has 1 rings (SSSR count). The summed E-state index contributed by atoms with van der Waals surface area (Å²) in [5, 5.41) is 4.11. The molecule has 0 spiro atoms. The minimum absolute atomic E-state index is 0.0997. The lowest BCUT2D eigenvalue weighted by Crippen LogP contribution is -2.13. The molecule has 15 heavy (non-hydrogen) atoms. The summed E-state index contributed by atoms with van der Waals surface area (Å²) in [6.45, 7) is 10.3. The van der Waals surface area contributed by atoms with Gasteiger partial charge in [-0.2, -0.15) is 5.10 Å². The number of hydrogen-bond acceptors (Lipinski definition) is 3. The van der Waals surface area contributed by atoms with Gasteiger partial charge >= 0.3 is 0 Å². The normalized spacial score (nSPS) is 11.0. The van der Waals surface area contributed by atoms with E-state index >= 15 is 0 Å². The SMILES string of the molecule is CC(C)=NNc1ccc(C(C)(C)C)nc1. The van der Waals surface area contributed by atoms with Crippen LogP contribution in [-0.4, -0.2) is 10.7 Å². The molecule has 0 unspecified atom stereocenters. The highest BCUT2D eigenvalue weighted by molar-refractivity contribution is 5.79. The molecule has 0 aliphatic rings. The summed E-state index contributed by atoms with van der Waals surface area (Å²) in [4.78, 5) is 4.40. The lowest BCUT2D eigenvalue weighted by atomic mass is 9.92. The number of nitrogens with one attached hydrogen (secondary N) is 1. The van der Waals surface area contributed by atoms with E-state index < -0.39 is 0 Å². The zero-order valence-electron chi connectivity index (χ0n) is 10.1. The maximum atomic E-state index is 4.40. The Hall–Kier alpha value is -1.38. The Labute approximate surface area is 91.6 Å². The maximum absolute atomic E-state index is 4.40. The number of nitrogens with zero attached hydrogens (tertiary/aromatic N) is 2. The van der Waals surface area contributed by atoms with E-state index in [1.54, 1.807) is 0 Å². The van der Waals surface area contributed by atoms with Crippen LogP contribution in [0.15, 0.2) is 23.4 Å². The van der Waals surface area contributed by atoms with Crippen molar-refractivity contribution in [1.29, 1.82) is 0 Å². The van der Waals surface area contributed by atoms with Gasteiger partial charge in [0.2, 0.25) is 0 Å². The van der Waals surface area contributed by atoms with Crippen LogP contribution in [0.1, 0.15) is 40.3 Å². The summed E-state index contributed by atoms with van der Waals surface area (Å²) in [6.07, 6.45) is 1.81. The average Bonchev–Trinajstić information content (AvgIpc) is 2.14. The van der Waals surface area contributed by atoms with Crippen LogP contribution in [0, 0.1) is 0 Å². The Kier molecular flexibility index (Phi) is 3.45. The largest absolute Gasteiger partial charge is 0.277 e. The molecule has 0 bridgehead atoms. The molecule has 0 saturated heterocycles. The maximum Gasteiger partial charge on any atom is 0.0745 e. The minimum Gasteiger partial charge on any atom is -0.277 e. The van der Waals surface area contributed by atoms with Crippen LogP contribution in [0.5, 0.6) is 0 Å². The summed E-state index contributed by atoms with van der Waals surface area (Å²) < 4.78 is 0. The van der Waals surface area contributed by atoms with Gasteiger partial charge in [-0.25, -0.2) is 0 Å². The highest BCUT2D eigenvalue weighted by Crippen LogP contribution is 2.20. The monoisotopic (exact) mass is 205 g/mol. The van der Waals surface area contributed by atoms with Crippen LogP contribution < -0.4 is 5.43 Å². The molecule has 0 aliphatic heterocycles. The minimum atomic E-state index is 0.0997. The van der Waals surface area contributed by atoms with Gasteiger partial charge in [0.25, 0.3) is 0 Å².